The first-order valence-electron chi connectivity index (χ1n) is 8.63. The number of aromatic nitrogens is 1. The summed E-state index contributed by atoms with van der Waals surface area (Å²) in [5.41, 5.74) is -0.894. The number of hydrogen-bond donors (Lipinski definition) is 0. The largest absolute Gasteiger partial charge is 0.440 e. The van der Waals surface area contributed by atoms with Gasteiger partial charge in [-0.25, -0.2) is 18.0 Å². The van der Waals surface area contributed by atoms with Crippen LogP contribution < -0.4 is 0 Å². The lowest BCUT2D eigenvalue weighted by Crippen LogP contribution is -2.26. The van der Waals surface area contributed by atoms with Gasteiger partial charge in [-0.3, -0.25) is 9.88 Å². The SMILES string of the molecule is C=C[C@@H]1CN(Cc2cc(-c3ccc(F)c(C(F)F)c3)cnc2C(C)(F)F)C(=O)O1. The highest BCUT2D eigenvalue weighted by molar-refractivity contribution is 5.71. The highest BCUT2D eigenvalue weighted by Gasteiger charge is 2.34. The maximum atomic E-state index is 14.0. The molecule has 1 atom stereocenters. The summed E-state index contributed by atoms with van der Waals surface area (Å²) in [5, 5.41) is 0. The summed E-state index contributed by atoms with van der Waals surface area (Å²) >= 11 is 0. The number of rotatable bonds is 6. The van der Waals surface area contributed by atoms with Crippen molar-refractivity contribution in [2.24, 2.45) is 0 Å². The summed E-state index contributed by atoms with van der Waals surface area (Å²) in [6, 6.07) is 4.41. The predicted molar refractivity (Wildman–Crippen MR) is 95.0 cm³/mol. The van der Waals surface area contributed by atoms with Crippen molar-refractivity contribution in [3.8, 4) is 11.1 Å². The third kappa shape index (κ3) is 4.38. The van der Waals surface area contributed by atoms with E-state index in [9.17, 15) is 26.7 Å². The van der Waals surface area contributed by atoms with E-state index in [1.54, 1.807) is 0 Å². The van der Waals surface area contributed by atoms with E-state index in [1.807, 2.05) is 0 Å². The molecule has 9 heteroatoms. The van der Waals surface area contributed by atoms with Gasteiger partial charge in [-0.2, -0.15) is 8.78 Å². The highest BCUT2D eigenvalue weighted by atomic mass is 19.3. The predicted octanol–water partition coefficient (Wildman–Crippen LogP) is 5.44. The Kier molecular flexibility index (Phi) is 5.59. The highest BCUT2D eigenvalue weighted by Crippen LogP contribution is 2.33. The fraction of sp³-hybridized carbons (Fsp3) is 0.300. The minimum atomic E-state index is -3.30. The van der Waals surface area contributed by atoms with Gasteiger partial charge < -0.3 is 4.74 Å². The van der Waals surface area contributed by atoms with E-state index in [4.69, 9.17) is 4.74 Å². The summed E-state index contributed by atoms with van der Waals surface area (Å²) in [6.45, 7) is 4.11. The second-order valence-electron chi connectivity index (χ2n) is 6.70. The van der Waals surface area contributed by atoms with E-state index in [2.05, 4.69) is 11.6 Å². The van der Waals surface area contributed by atoms with Crippen LogP contribution in [0.2, 0.25) is 0 Å². The number of hydrogen-bond acceptors (Lipinski definition) is 3. The van der Waals surface area contributed by atoms with Crippen molar-refractivity contribution >= 4 is 6.09 Å². The van der Waals surface area contributed by atoms with E-state index in [1.165, 1.54) is 23.1 Å². The van der Waals surface area contributed by atoms with Crippen molar-refractivity contribution < 1.29 is 31.5 Å². The molecule has 29 heavy (non-hydrogen) atoms. The monoisotopic (exact) mass is 412 g/mol. The number of ether oxygens (including phenoxy) is 1. The van der Waals surface area contributed by atoms with Crippen LogP contribution in [0.5, 0.6) is 0 Å². The molecule has 1 aliphatic rings. The zero-order chi connectivity index (χ0) is 21.3. The smallest absolute Gasteiger partial charge is 0.410 e. The van der Waals surface area contributed by atoms with Crippen molar-refractivity contribution in [3.63, 3.8) is 0 Å². The number of cyclic esters (lactones) is 1. The average molecular weight is 412 g/mol. The van der Waals surface area contributed by atoms with Gasteiger partial charge in [-0.1, -0.05) is 12.6 Å². The van der Waals surface area contributed by atoms with Crippen molar-refractivity contribution in [2.45, 2.75) is 31.9 Å². The molecule has 0 saturated carbocycles. The maximum absolute atomic E-state index is 14.0. The standard InChI is InChI=1S/C20H17F5N2O2/c1-3-14-10-27(19(28)29-14)9-13-6-12(8-26-17(13)20(2,24)25)11-4-5-16(21)15(7-11)18(22)23/h3-8,14,18H,1,9-10H2,2H3/t14-/m1/s1. The van der Waals surface area contributed by atoms with Gasteiger partial charge in [-0.15, -0.1) is 0 Å². The molecule has 0 bridgehead atoms. The Morgan fingerprint density at radius 1 is 1.34 bits per heavy atom. The third-order valence-electron chi connectivity index (χ3n) is 4.48. The van der Waals surface area contributed by atoms with Crippen molar-refractivity contribution in [1.82, 2.24) is 9.88 Å². The lowest BCUT2D eigenvalue weighted by molar-refractivity contribution is 0.0112. The molecule has 0 radical (unpaired) electrons. The Morgan fingerprint density at radius 2 is 2.07 bits per heavy atom. The molecule has 1 aromatic carbocycles. The topological polar surface area (TPSA) is 42.4 Å². The first kappa shape index (κ1) is 20.8. The zero-order valence-electron chi connectivity index (χ0n) is 15.3. The molecule has 3 rings (SSSR count). The van der Waals surface area contributed by atoms with Crippen molar-refractivity contribution in [2.75, 3.05) is 6.54 Å². The van der Waals surface area contributed by atoms with E-state index in [0.717, 1.165) is 18.3 Å². The summed E-state index contributed by atoms with van der Waals surface area (Å²) in [7, 11) is 0. The Morgan fingerprint density at radius 3 is 2.66 bits per heavy atom. The van der Waals surface area contributed by atoms with Gasteiger partial charge in [0, 0.05) is 18.7 Å². The summed E-state index contributed by atoms with van der Waals surface area (Å²) in [4.78, 5) is 17.0. The van der Waals surface area contributed by atoms with E-state index < -0.39 is 41.6 Å². The van der Waals surface area contributed by atoms with Gasteiger partial charge in [0.15, 0.2) is 0 Å². The fourth-order valence-corrected chi connectivity index (χ4v) is 3.06. The molecule has 1 saturated heterocycles. The number of halogens is 5. The number of nitrogens with zero attached hydrogens (tertiary/aromatic N) is 2. The first-order valence-corrected chi connectivity index (χ1v) is 8.63. The van der Waals surface area contributed by atoms with Crippen LogP contribution in [0.1, 0.15) is 30.2 Å². The number of carbonyl (C=O) groups excluding carboxylic acids is 1. The van der Waals surface area contributed by atoms with Gasteiger partial charge >= 0.3 is 6.09 Å². The maximum Gasteiger partial charge on any atom is 0.410 e. The lowest BCUT2D eigenvalue weighted by atomic mass is 10.00. The van der Waals surface area contributed by atoms with Crippen LogP contribution in [-0.2, 0) is 17.2 Å². The van der Waals surface area contributed by atoms with E-state index in [0.29, 0.717) is 6.92 Å². The molecule has 1 aromatic heterocycles. The van der Waals surface area contributed by atoms with Crippen LogP contribution in [0.15, 0.2) is 43.1 Å². The summed E-state index contributed by atoms with van der Waals surface area (Å²) in [6.07, 6.45) is -1.75. The van der Waals surface area contributed by atoms with E-state index >= 15 is 0 Å². The minimum absolute atomic E-state index is 0.0274. The average Bonchev–Trinajstić information content (AvgIpc) is 3.00. The normalized spacial score (nSPS) is 17.0. The molecule has 0 unspecified atom stereocenters. The minimum Gasteiger partial charge on any atom is -0.440 e. The van der Waals surface area contributed by atoms with Crippen LogP contribution in [-0.4, -0.2) is 28.6 Å². The van der Waals surface area contributed by atoms with Crippen LogP contribution >= 0.6 is 0 Å². The third-order valence-corrected chi connectivity index (χ3v) is 4.48. The van der Waals surface area contributed by atoms with Gasteiger partial charge in [0.25, 0.3) is 12.3 Å². The van der Waals surface area contributed by atoms with Crippen LogP contribution in [0.4, 0.5) is 26.7 Å². The fourth-order valence-electron chi connectivity index (χ4n) is 3.06. The van der Waals surface area contributed by atoms with Crippen molar-refractivity contribution in [1.29, 1.82) is 0 Å². The molecule has 0 N–H and O–H groups in total. The first-order chi connectivity index (χ1) is 13.6. The van der Waals surface area contributed by atoms with Crippen LogP contribution in [0.25, 0.3) is 11.1 Å². The molecule has 0 spiro atoms. The van der Waals surface area contributed by atoms with E-state index in [-0.39, 0.29) is 29.8 Å². The Hall–Kier alpha value is -2.97. The Bertz CT molecular complexity index is 943. The van der Waals surface area contributed by atoms with Gasteiger partial charge in [-0.05, 0) is 35.4 Å². The molecule has 154 valence electrons. The van der Waals surface area contributed by atoms with Crippen LogP contribution in [0.3, 0.4) is 0 Å². The van der Waals surface area contributed by atoms with Crippen molar-refractivity contribution in [3.05, 3.63) is 65.8 Å². The molecule has 4 nitrogen and oxygen atoms in total. The van der Waals surface area contributed by atoms with Gasteiger partial charge in [0.2, 0.25) is 0 Å². The Labute approximate surface area is 163 Å². The number of carbonyl (C=O) groups is 1. The zero-order valence-corrected chi connectivity index (χ0v) is 15.3. The second-order valence-corrected chi connectivity index (χ2v) is 6.70. The molecular formula is C20H17F5N2O2. The van der Waals surface area contributed by atoms with Crippen LogP contribution in [0, 0.1) is 5.82 Å². The van der Waals surface area contributed by atoms with Gasteiger partial charge in [0.05, 0.1) is 18.7 Å². The molecule has 2 heterocycles. The molecule has 1 fully saturated rings. The number of amides is 1. The quantitative estimate of drug-likeness (QED) is 0.469. The number of pyridine rings is 1. The molecule has 0 aliphatic carbocycles. The number of benzene rings is 1. The molecular weight excluding hydrogens is 395 g/mol. The summed E-state index contributed by atoms with van der Waals surface area (Å²) in [5.74, 6) is -4.37. The number of alkyl halides is 4. The Balaban J connectivity index is 2.02. The molecule has 1 aliphatic heterocycles. The molecule has 1 amide bonds. The molecule has 2 aromatic rings. The second kappa shape index (κ2) is 7.81. The lowest BCUT2D eigenvalue weighted by Gasteiger charge is -2.19. The van der Waals surface area contributed by atoms with Gasteiger partial charge in [0.1, 0.15) is 17.6 Å². The summed E-state index contributed by atoms with van der Waals surface area (Å²) < 4.78 is 72.6.